The number of nitrogens with two attached hydrogens (primary N) is 1. The summed E-state index contributed by atoms with van der Waals surface area (Å²) in [6.07, 6.45) is 0. The van der Waals surface area contributed by atoms with Crippen molar-refractivity contribution in [3.8, 4) is 17.7 Å². The maximum atomic E-state index is 8.95. The molecule has 0 radical (unpaired) electrons. The SMILES string of the molecule is Cc1ccc(C#N)cc1Oc1nc(N)nc2sccc12. The highest BCUT2D eigenvalue weighted by atomic mass is 32.1. The molecule has 2 N–H and O–H groups in total. The molecule has 3 aromatic rings. The first-order valence-corrected chi connectivity index (χ1v) is 6.74. The van der Waals surface area contributed by atoms with Crippen LogP contribution >= 0.6 is 11.3 Å². The fraction of sp³-hybridized carbons (Fsp3) is 0.0714. The van der Waals surface area contributed by atoms with E-state index in [9.17, 15) is 0 Å². The second-order valence-electron chi connectivity index (χ2n) is 4.22. The zero-order valence-corrected chi connectivity index (χ0v) is 11.4. The molecular weight excluding hydrogens is 272 g/mol. The zero-order chi connectivity index (χ0) is 14.1. The van der Waals surface area contributed by atoms with Gasteiger partial charge >= 0.3 is 0 Å². The lowest BCUT2D eigenvalue weighted by Gasteiger charge is -2.09. The molecule has 3 rings (SSSR count). The summed E-state index contributed by atoms with van der Waals surface area (Å²) in [6, 6.07) is 9.25. The first-order chi connectivity index (χ1) is 9.67. The number of rotatable bonds is 2. The number of aryl methyl sites for hydroxylation is 1. The Morgan fingerprint density at radius 1 is 1.30 bits per heavy atom. The average molecular weight is 282 g/mol. The number of aromatic nitrogens is 2. The molecule has 2 aromatic heterocycles. The van der Waals surface area contributed by atoms with Crippen LogP contribution in [0.2, 0.25) is 0 Å². The molecule has 5 nitrogen and oxygen atoms in total. The van der Waals surface area contributed by atoms with E-state index >= 15 is 0 Å². The molecule has 0 bridgehead atoms. The predicted octanol–water partition coefficient (Wildman–Crippen LogP) is 3.25. The summed E-state index contributed by atoms with van der Waals surface area (Å²) in [4.78, 5) is 9.06. The van der Waals surface area contributed by atoms with E-state index < -0.39 is 0 Å². The minimum absolute atomic E-state index is 0.170. The number of ether oxygens (including phenoxy) is 1. The van der Waals surface area contributed by atoms with Gasteiger partial charge in [-0.1, -0.05) is 6.07 Å². The quantitative estimate of drug-likeness (QED) is 0.779. The Morgan fingerprint density at radius 3 is 2.95 bits per heavy atom. The van der Waals surface area contributed by atoms with Crippen molar-refractivity contribution in [2.75, 3.05) is 5.73 Å². The van der Waals surface area contributed by atoms with Crippen molar-refractivity contribution in [3.05, 3.63) is 40.8 Å². The summed E-state index contributed by atoms with van der Waals surface area (Å²) >= 11 is 1.47. The molecule has 0 saturated heterocycles. The molecule has 1 aromatic carbocycles. The molecule has 0 amide bonds. The number of nitrogens with zero attached hydrogens (tertiary/aromatic N) is 3. The number of thiophene rings is 1. The van der Waals surface area contributed by atoms with Gasteiger partial charge in [-0.05, 0) is 36.1 Å². The fourth-order valence-corrected chi connectivity index (χ4v) is 2.57. The summed E-state index contributed by atoms with van der Waals surface area (Å²) < 4.78 is 5.83. The molecule has 0 unspecified atom stereocenters. The second-order valence-corrected chi connectivity index (χ2v) is 5.12. The smallest absolute Gasteiger partial charge is 0.232 e. The van der Waals surface area contributed by atoms with Crippen molar-refractivity contribution in [2.24, 2.45) is 0 Å². The molecule has 0 aliphatic carbocycles. The van der Waals surface area contributed by atoms with E-state index in [1.54, 1.807) is 12.1 Å². The standard InChI is InChI=1S/C14H10N4OS/c1-8-2-3-9(7-15)6-11(8)19-12-10-4-5-20-13(10)18-14(16)17-12/h2-6H,1H3,(H2,16,17,18). The Kier molecular flexibility index (Phi) is 2.97. The van der Waals surface area contributed by atoms with Crippen molar-refractivity contribution in [1.82, 2.24) is 9.97 Å². The number of hydrogen-bond donors (Lipinski definition) is 1. The second kappa shape index (κ2) is 4.79. The van der Waals surface area contributed by atoms with Crippen molar-refractivity contribution in [1.29, 1.82) is 5.26 Å². The van der Waals surface area contributed by atoms with Crippen LogP contribution < -0.4 is 10.5 Å². The van der Waals surface area contributed by atoms with Crippen LogP contribution in [-0.4, -0.2) is 9.97 Å². The number of nitrogen functional groups attached to an aromatic ring is 1. The lowest BCUT2D eigenvalue weighted by Crippen LogP contribution is -1.98. The maximum absolute atomic E-state index is 8.95. The molecule has 0 saturated carbocycles. The van der Waals surface area contributed by atoms with Crippen molar-refractivity contribution < 1.29 is 4.74 Å². The highest BCUT2D eigenvalue weighted by Crippen LogP contribution is 2.32. The van der Waals surface area contributed by atoms with Crippen LogP contribution in [-0.2, 0) is 0 Å². The maximum Gasteiger partial charge on any atom is 0.232 e. The van der Waals surface area contributed by atoms with Crippen molar-refractivity contribution in [2.45, 2.75) is 6.92 Å². The molecule has 0 aliphatic heterocycles. The van der Waals surface area contributed by atoms with E-state index in [1.807, 2.05) is 24.4 Å². The monoisotopic (exact) mass is 282 g/mol. The predicted molar refractivity (Wildman–Crippen MR) is 77.8 cm³/mol. The Bertz CT molecular complexity index is 835. The number of benzene rings is 1. The van der Waals surface area contributed by atoms with Crippen LogP contribution in [0.1, 0.15) is 11.1 Å². The summed E-state index contributed by atoms with van der Waals surface area (Å²) in [7, 11) is 0. The van der Waals surface area contributed by atoms with Gasteiger partial charge in [0.1, 0.15) is 10.6 Å². The number of hydrogen-bond acceptors (Lipinski definition) is 6. The number of nitriles is 1. The Morgan fingerprint density at radius 2 is 2.15 bits per heavy atom. The van der Waals surface area contributed by atoms with E-state index in [0.717, 1.165) is 15.8 Å². The third-order valence-electron chi connectivity index (χ3n) is 2.83. The van der Waals surface area contributed by atoms with Crippen LogP contribution in [0.4, 0.5) is 5.95 Å². The van der Waals surface area contributed by atoms with Gasteiger partial charge in [-0.2, -0.15) is 10.2 Å². The number of anilines is 1. The average Bonchev–Trinajstić information content (AvgIpc) is 2.89. The molecule has 0 spiro atoms. The van der Waals surface area contributed by atoms with Gasteiger partial charge in [-0.15, -0.1) is 11.3 Å². The highest BCUT2D eigenvalue weighted by molar-refractivity contribution is 7.16. The summed E-state index contributed by atoms with van der Waals surface area (Å²) in [5.74, 6) is 1.17. The Hall–Kier alpha value is -2.65. The lowest BCUT2D eigenvalue weighted by molar-refractivity contribution is 0.465. The van der Waals surface area contributed by atoms with Crippen molar-refractivity contribution >= 4 is 27.5 Å². The highest BCUT2D eigenvalue weighted by Gasteiger charge is 2.11. The van der Waals surface area contributed by atoms with Crippen LogP contribution in [0.25, 0.3) is 10.2 Å². The summed E-state index contributed by atoms with van der Waals surface area (Å²) in [5.41, 5.74) is 7.14. The summed E-state index contributed by atoms with van der Waals surface area (Å²) in [5, 5.41) is 11.7. The molecule has 2 heterocycles. The van der Waals surface area contributed by atoms with Gasteiger partial charge in [0.2, 0.25) is 11.8 Å². The van der Waals surface area contributed by atoms with Crippen molar-refractivity contribution in [3.63, 3.8) is 0 Å². The van der Waals surface area contributed by atoms with E-state index in [2.05, 4.69) is 16.0 Å². The van der Waals surface area contributed by atoms with Crippen LogP contribution in [0, 0.1) is 18.3 Å². The first-order valence-electron chi connectivity index (χ1n) is 5.86. The third-order valence-corrected chi connectivity index (χ3v) is 3.64. The van der Waals surface area contributed by atoms with Crippen LogP contribution in [0.3, 0.4) is 0 Å². The van der Waals surface area contributed by atoms with Gasteiger partial charge in [0.15, 0.2) is 0 Å². The molecule has 0 atom stereocenters. The first kappa shape index (κ1) is 12.4. The summed E-state index contributed by atoms with van der Waals surface area (Å²) in [6.45, 7) is 1.91. The van der Waals surface area contributed by atoms with Gasteiger partial charge < -0.3 is 10.5 Å². The van der Waals surface area contributed by atoms with E-state index in [-0.39, 0.29) is 5.95 Å². The van der Waals surface area contributed by atoms with E-state index in [1.165, 1.54) is 11.3 Å². The normalized spacial score (nSPS) is 10.4. The topological polar surface area (TPSA) is 84.8 Å². The van der Waals surface area contributed by atoms with Gasteiger partial charge in [0.05, 0.1) is 17.0 Å². The van der Waals surface area contributed by atoms with Crippen LogP contribution in [0.15, 0.2) is 29.6 Å². The van der Waals surface area contributed by atoms with E-state index in [0.29, 0.717) is 17.2 Å². The molecule has 0 aliphatic rings. The van der Waals surface area contributed by atoms with Gasteiger partial charge in [-0.3, -0.25) is 0 Å². The molecule has 98 valence electrons. The largest absolute Gasteiger partial charge is 0.438 e. The van der Waals surface area contributed by atoms with Gasteiger partial charge in [-0.25, -0.2) is 4.98 Å². The van der Waals surface area contributed by atoms with Crippen LogP contribution in [0.5, 0.6) is 11.6 Å². The van der Waals surface area contributed by atoms with Gasteiger partial charge in [0.25, 0.3) is 0 Å². The van der Waals surface area contributed by atoms with E-state index in [4.69, 9.17) is 15.7 Å². The zero-order valence-electron chi connectivity index (χ0n) is 10.6. The Balaban J connectivity index is 2.09. The molecule has 6 heteroatoms. The molecule has 0 fully saturated rings. The minimum Gasteiger partial charge on any atom is -0.438 e. The molecule has 20 heavy (non-hydrogen) atoms. The van der Waals surface area contributed by atoms with Gasteiger partial charge in [0, 0.05) is 0 Å². The fourth-order valence-electron chi connectivity index (χ4n) is 1.81. The Labute approximate surface area is 119 Å². The lowest BCUT2D eigenvalue weighted by atomic mass is 10.1. The molecular formula is C14H10N4OS. The third kappa shape index (κ3) is 2.15. The minimum atomic E-state index is 0.170. The number of fused-ring (bicyclic) bond motifs is 1.